The number of carboxylic acid groups (broad SMARTS) is 1. The first-order chi connectivity index (χ1) is 8.15. The van der Waals surface area contributed by atoms with Crippen LogP contribution in [0.2, 0.25) is 0 Å². The number of aliphatic carboxylic acids is 1. The smallest absolute Gasteiger partial charge is 0.475 e. The molecule has 0 aliphatic heterocycles. The summed E-state index contributed by atoms with van der Waals surface area (Å²) in [5.41, 5.74) is 0. The standard InChI is InChI=1S/C8H15NO2.C2HF3O2/c1-4-11-8(10)6-5-7(2)9-3;3-2(4,5)1(6)7/h5-7,9H,4H2,1-3H3;(H,6,7)/b6-5+;/t7-;/m1./s1. The molecule has 106 valence electrons. The molecule has 0 saturated carbocycles. The minimum Gasteiger partial charge on any atom is -0.475 e. The monoisotopic (exact) mass is 271 g/mol. The second-order valence-electron chi connectivity index (χ2n) is 2.99. The van der Waals surface area contributed by atoms with Gasteiger partial charge in [-0.1, -0.05) is 6.08 Å². The lowest BCUT2D eigenvalue weighted by Crippen LogP contribution is -2.21. The van der Waals surface area contributed by atoms with E-state index in [4.69, 9.17) is 9.90 Å². The molecule has 0 aromatic rings. The Bertz CT molecular complexity index is 289. The van der Waals surface area contributed by atoms with E-state index in [-0.39, 0.29) is 12.0 Å². The number of carbonyl (C=O) groups is 2. The normalized spacial score (nSPS) is 12.6. The summed E-state index contributed by atoms with van der Waals surface area (Å²) in [4.78, 5) is 19.6. The fourth-order valence-corrected chi connectivity index (χ4v) is 0.510. The summed E-state index contributed by atoms with van der Waals surface area (Å²) in [5, 5.41) is 10.1. The Morgan fingerprint density at radius 1 is 1.44 bits per heavy atom. The third-order valence-corrected chi connectivity index (χ3v) is 1.51. The summed E-state index contributed by atoms with van der Waals surface area (Å²) in [6.45, 7) is 4.17. The summed E-state index contributed by atoms with van der Waals surface area (Å²) >= 11 is 0. The van der Waals surface area contributed by atoms with Crippen molar-refractivity contribution in [1.82, 2.24) is 5.32 Å². The number of hydrogen-bond donors (Lipinski definition) is 2. The van der Waals surface area contributed by atoms with Crippen LogP contribution in [0.25, 0.3) is 0 Å². The molecule has 2 N–H and O–H groups in total. The van der Waals surface area contributed by atoms with E-state index in [9.17, 15) is 18.0 Å². The van der Waals surface area contributed by atoms with Crippen LogP contribution in [0.4, 0.5) is 13.2 Å². The van der Waals surface area contributed by atoms with Crippen molar-refractivity contribution in [1.29, 1.82) is 0 Å². The van der Waals surface area contributed by atoms with Gasteiger partial charge in [0, 0.05) is 12.1 Å². The van der Waals surface area contributed by atoms with Crippen LogP contribution < -0.4 is 5.32 Å². The molecule has 0 saturated heterocycles. The van der Waals surface area contributed by atoms with E-state index in [1.807, 2.05) is 14.0 Å². The molecule has 0 radical (unpaired) electrons. The van der Waals surface area contributed by atoms with Crippen LogP contribution in [-0.4, -0.2) is 42.9 Å². The molecule has 0 rings (SSSR count). The van der Waals surface area contributed by atoms with Crippen molar-refractivity contribution in [2.24, 2.45) is 0 Å². The number of nitrogens with one attached hydrogen (secondary N) is 1. The third-order valence-electron chi connectivity index (χ3n) is 1.51. The van der Waals surface area contributed by atoms with Crippen LogP contribution in [0.5, 0.6) is 0 Å². The van der Waals surface area contributed by atoms with Gasteiger partial charge in [-0.15, -0.1) is 0 Å². The molecule has 5 nitrogen and oxygen atoms in total. The molecular formula is C10H16F3NO4. The van der Waals surface area contributed by atoms with Crippen molar-refractivity contribution in [2.75, 3.05) is 13.7 Å². The second-order valence-corrected chi connectivity index (χ2v) is 2.99. The van der Waals surface area contributed by atoms with Gasteiger partial charge in [0.15, 0.2) is 0 Å². The van der Waals surface area contributed by atoms with Crippen LogP contribution in [0.1, 0.15) is 13.8 Å². The summed E-state index contributed by atoms with van der Waals surface area (Å²) in [6, 6.07) is 0.208. The molecule has 1 atom stereocenters. The molecule has 0 unspecified atom stereocenters. The number of likely N-dealkylation sites (N-methyl/N-ethyl adjacent to an activating group) is 1. The van der Waals surface area contributed by atoms with Gasteiger partial charge in [0.05, 0.1) is 6.61 Å². The van der Waals surface area contributed by atoms with Crippen LogP contribution in [0.15, 0.2) is 12.2 Å². The first kappa shape index (κ1) is 18.8. The molecule has 0 aliphatic carbocycles. The molecule has 0 spiro atoms. The van der Waals surface area contributed by atoms with Gasteiger partial charge in [0.1, 0.15) is 0 Å². The van der Waals surface area contributed by atoms with E-state index in [0.717, 1.165) is 0 Å². The second kappa shape index (κ2) is 9.46. The lowest BCUT2D eigenvalue weighted by atomic mass is 10.3. The summed E-state index contributed by atoms with van der Waals surface area (Å²) in [6.07, 6.45) is -1.89. The molecule has 0 heterocycles. The van der Waals surface area contributed by atoms with Crippen LogP contribution in [0.3, 0.4) is 0 Å². The number of carboxylic acids is 1. The maximum absolute atomic E-state index is 10.7. The van der Waals surface area contributed by atoms with Crippen molar-refractivity contribution in [3.05, 3.63) is 12.2 Å². The number of hydrogen-bond acceptors (Lipinski definition) is 4. The van der Waals surface area contributed by atoms with Crippen LogP contribution in [0, 0.1) is 0 Å². The van der Waals surface area contributed by atoms with Gasteiger partial charge in [-0.3, -0.25) is 0 Å². The van der Waals surface area contributed by atoms with Crippen LogP contribution in [-0.2, 0) is 14.3 Å². The SMILES string of the molecule is CCOC(=O)/C=C/[C@@H](C)NC.O=C(O)C(F)(F)F. The zero-order valence-corrected chi connectivity index (χ0v) is 10.2. The highest BCUT2D eigenvalue weighted by Crippen LogP contribution is 2.13. The average Bonchev–Trinajstić information content (AvgIpc) is 2.25. The fraction of sp³-hybridized carbons (Fsp3) is 0.600. The molecule has 8 heteroatoms. The third kappa shape index (κ3) is 12.5. The van der Waals surface area contributed by atoms with E-state index in [1.54, 1.807) is 13.0 Å². The predicted octanol–water partition coefficient (Wildman–Crippen LogP) is 1.35. The maximum atomic E-state index is 10.7. The summed E-state index contributed by atoms with van der Waals surface area (Å²) in [5.74, 6) is -3.04. The summed E-state index contributed by atoms with van der Waals surface area (Å²) in [7, 11) is 1.83. The number of rotatable bonds is 4. The first-order valence-electron chi connectivity index (χ1n) is 4.97. The highest BCUT2D eigenvalue weighted by atomic mass is 19.4. The van der Waals surface area contributed by atoms with Crippen LogP contribution >= 0.6 is 0 Å². The highest BCUT2D eigenvalue weighted by molar-refractivity contribution is 5.81. The van der Waals surface area contributed by atoms with Crippen molar-refractivity contribution in [2.45, 2.75) is 26.1 Å². The largest absolute Gasteiger partial charge is 0.490 e. The molecule has 0 amide bonds. The zero-order valence-electron chi connectivity index (χ0n) is 10.2. The lowest BCUT2D eigenvalue weighted by molar-refractivity contribution is -0.192. The van der Waals surface area contributed by atoms with Gasteiger partial charge in [-0.25, -0.2) is 9.59 Å². The van der Waals surface area contributed by atoms with Gasteiger partial charge in [-0.05, 0) is 20.9 Å². The van der Waals surface area contributed by atoms with E-state index < -0.39 is 12.1 Å². The van der Waals surface area contributed by atoms with Crippen molar-refractivity contribution in [3.63, 3.8) is 0 Å². The Balaban J connectivity index is 0. The number of esters is 1. The van der Waals surface area contributed by atoms with Gasteiger partial charge in [-0.2, -0.15) is 13.2 Å². The zero-order chi connectivity index (χ0) is 14.8. The number of carbonyl (C=O) groups excluding carboxylic acids is 1. The number of alkyl halides is 3. The predicted molar refractivity (Wildman–Crippen MR) is 58.0 cm³/mol. The number of ether oxygens (including phenoxy) is 1. The van der Waals surface area contributed by atoms with Crippen molar-refractivity contribution < 1.29 is 32.6 Å². The molecule has 0 fully saturated rings. The summed E-state index contributed by atoms with van der Waals surface area (Å²) < 4.78 is 36.4. The van der Waals surface area contributed by atoms with E-state index in [2.05, 4.69) is 10.1 Å². The van der Waals surface area contributed by atoms with Gasteiger partial charge in [0.25, 0.3) is 0 Å². The topological polar surface area (TPSA) is 75.6 Å². The van der Waals surface area contributed by atoms with Crippen molar-refractivity contribution >= 4 is 11.9 Å². The molecule has 18 heavy (non-hydrogen) atoms. The minimum atomic E-state index is -5.08. The Morgan fingerprint density at radius 3 is 2.17 bits per heavy atom. The average molecular weight is 271 g/mol. The molecule has 0 aromatic heterocycles. The lowest BCUT2D eigenvalue weighted by Gasteiger charge is -2.01. The Morgan fingerprint density at radius 2 is 1.89 bits per heavy atom. The van der Waals surface area contributed by atoms with Gasteiger partial charge < -0.3 is 15.2 Å². The fourth-order valence-electron chi connectivity index (χ4n) is 0.510. The Hall–Kier alpha value is -1.57. The number of halogens is 3. The quantitative estimate of drug-likeness (QED) is 0.596. The molecular weight excluding hydrogens is 255 g/mol. The molecule has 0 aliphatic rings. The van der Waals surface area contributed by atoms with Gasteiger partial charge in [0.2, 0.25) is 0 Å². The maximum Gasteiger partial charge on any atom is 0.490 e. The van der Waals surface area contributed by atoms with E-state index in [1.165, 1.54) is 6.08 Å². The Labute approximate surface area is 103 Å². The van der Waals surface area contributed by atoms with E-state index >= 15 is 0 Å². The highest BCUT2D eigenvalue weighted by Gasteiger charge is 2.38. The molecule has 0 bridgehead atoms. The van der Waals surface area contributed by atoms with E-state index in [0.29, 0.717) is 6.61 Å². The minimum absolute atomic E-state index is 0.208. The Kier molecular flexibility index (Phi) is 9.87. The first-order valence-corrected chi connectivity index (χ1v) is 4.97. The van der Waals surface area contributed by atoms with Gasteiger partial charge >= 0.3 is 18.1 Å². The van der Waals surface area contributed by atoms with Crippen molar-refractivity contribution in [3.8, 4) is 0 Å². The molecule has 0 aromatic carbocycles.